The van der Waals surface area contributed by atoms with Crippen LogP contribution < -0.4 is 20.4 Å². The molecule has 2 aliphatic heterocycles. The van der Waals surface area contributed by atoms with E-state index in [1.54, 1.807) is 0 Å². The van der Waals surface area contributed by atoms with E-state index in [1.165, 1.54) is 6.92 Å². The van der Waals surface area contributed by atoms with Gasteiger partial charge in [0.05, 0.1) is 18.1 Å². The van der Waals surface area contributed by atoms with Crippen molar-refractivity contribution in [2.45, 2.75) is 68.3 Å². The monoisotopic (exact) mass is 722 g/mol. The molecule has 0 radical (unpaired) electrons. The van der Waals surface area contributed by atoms with Crippen molar-refractivity contribution in [3.05, 3.63) is 40.6 Å². The normalized spacial score (nSPS) is 32.2. The molecule has 2 aromatic carbocycles. The summed E-state index contributed by atoms with van der Waals surface area (Å²) in [5.74, 6) is -4.16. The summed E-state index contributed by atoms with van der Waals surface area (Å²) in [4.78, 5) is 13.5. The molecule has 234 valence electrons. The topological polar surface area (TPSA) is 275 Å². The van der Waals surface area contributed by atoms with Crippen LogP contribution in [0.25, 0.3) is 22.3 Å². The Morgan fingerprint density at radius 1 is 0.818 bits per heavy atom. The van der Waals surface area contributed by atoms with Gasteiger partial charge in [0.25, 0.3) is 0 Å². The Bertz CT molecular complexity index is 1550. The number of ether oxygens (including phenoxy) is 4. The average molecular weight is 721 g/mol. The van der Waals surface area contributed by atoms with E-state index in [-0.39, 0.29) is 38.4 Å². The van der Waals surface area contributed by atoms with E-state index in [1.807, 2.05) is 0 Å². The third-order valence-corrected chi connectivity index (χ3v) is 7.26. The van der Waals surface area contributed by atoms with Gasteiger partial charge >= 0.3 is 27.3 Å². The minimum absolute atomic E-state index is 0. The quantitative estimate of drug-likeness (QED) is 0.118. The molecule has 1 aromatic heterocycles. The van der Waals surface area contributed by atoms with Crippen LogP contribution in [0.3, 0.4) is 0 Å². The van der Waals surface area contributed by atoms with E-state index in [9.17, 15) is 55.9 Å². The first kappa shape index (κ1) is 34.1. The molecule has 0 spiro atoms. The van der Waals surface area contributed by atoms with Crippen LogP contribution in [0.4, 0.5) is 0 Å². The molecule has 3 aromatic rings. The average Bonchev–Trinajstić information content (AvgIpc) is 2.96. The summed E-state index contributed by atoms with van der Waals surface area (Å²) in [6, 6.07) is 4.78. The number of rotatable bonds is 6. The van der Waals surface area contributed by atoms with Crippen LogP contribution in [0.15, 0.2) is 39.5 Å². The van der Waals surface area contributed by atoms with Crippen molar-refractivity contribution in [2.75, 3.05) is 6.61 Å². The molecule has 0 amide bonds. The van der Waals surface area contributed by atoms with Crippen molar-refractivity contribution < 1.29 is 102 Å². The molecular weight excluding hydrogens is 693 g/mol. The molecule has 3 heterocycles. The van der Waals surface area contributed by atoms with Gasteiger partial charge in [0.15, 0.2) is 12.1 Å². The maximum atomic E-state index is 13.5. The molecule has 5 rings (SSSR count). The van der Waals surface area contributed by atoms with E-state index in [0.29, 0.717) is 0 Å². The number of benzene rings is 2. The second-order valence-electron chi connectivity index (χ2n) is 10.2. The van der Waals surface area contributed by atoms with Gasteiger partial charge in [-0.05, 0) is 19.1 Å². The Morgan fingerprint density at radius 3 is 2.16 bits per heavy atom. The SMILES string of the molecule is CC1OC(OCC2OC(Oc3c(-c4ccc([O-])c(O)c4)oc4cc(O)cc([O-])c4c3=O)C(O)C(O)C2O)C(O)C(O)C1O.[Cd+2]. The van der Waals surface area contributed by atoms with Crippen molar-refractivity contribution >= 4 is 11.0 Å². The fraction of sp³-hybridized carbons (Fsp3) is 0.444. The first-order valence-electron chi connectivity index (χ1n) is 13.0. The maximum Gasteiger partial charge on any atom is 2.00 e. The van der Waals surface area contributed by atoms with Crippen LogP contribution in [-0.4, -0.2) is 109 Å². The second-order valence-corrected chi connectivity index (χ2v) is 10.2. The predicted octanol–water partition coefficient (Wildman–Crippen LogP) is -2.95. The number of aliphatic hydroxyl groups excluding tert-OH is 6. The third-order valence-electron chi connectivity index (χ3n) is 7.26. The summed E-state index contributed by atoms with van der Waals surface area (Å²) in [6.45, 7) is 0.794. The Labute approximate surface area is 267 Å². The maximum absolute atomic E-state index is 13.5. The molecule has 0 bridgehead atoms. The minimum atomic E-state index is -1.99. The number of hydrogen-bond acceptors (Lipinski definition) is 16. The van der Waals surface area contributed by atoms with Gasteiger partial charge in [-0.3, -0.25) is 4.79 Å². The van der Waals surface area contributed by atoms with Gasteiger partial charge in [-0.2, -0.15) is 0 Å². The zero-order valence-electron chi connectivity index (χ0n) is 22.9. The molecule has 2 aliphatic rings. The van der Waals surface area contributed by atoms with Crippen LogP contribution in [0, 0.1) is 0 Å². The molecule has 44 heavy (non-hydrogen) atoms. The third kappa shape index (κ3) is 6.32. The Morgan fingerprint density at radius 2 is 1.48 bits per heavy atom. The number of fused-ring (bicyclic) bond motifs is 1. The zero-order valence-corrected chi connectivity index (χ0v) is 27.0. The number of phenolic OH excluding ortho intramolecular Hbond substituents is 2. The minimum Gasteiger partial charge on any atom is -0.872 e. The van der Waals surface area contributed by atoms with E-state index < -0.39 is 113 Å². The van der Waals surface area contributed by atoms with Crippen molar-refractivity contribution in [2.24, 2.45) is 0 Å². The van der Waals surface area contributed by atoms with Gasteiger partial charge in [-0.15, -0.1) is 0 Å². The largest absolute Gasteiger partial charge is 2.00 e. The van der Waals surface area contributed by atoms with Gasteiger partial charge in [-0.1, -0.05) is 23.6 Å². The fourth-order valence-corrected chi connectivity index (χ4v) is 4.82. The van der Waals surface area contributed by atoms with Crippen molar-refractivity contribution in [3.8, 4) is 40.1 Å². The summed E-state index contributed by atoms with van der Waals surface area (Å²) >= 11 is 0. The second kappa shape index (κ2) is 13.3. The van der Waals surface area contributed by atoms with Crippen LogP contribution in [0.1, 0.15) is 6.92 Å². The van der Waals surface area contributed by atoms with Crippen LogP contribution >= 0.6 is 0 Å². The van der Waals surface area contributed by atoms with Crippen molar-refractivity contribution in [1.82, 2.24) is 0 Å². The predicted molar refractivity (Wildman–Crippen MR) is 136 cm³/mol. The molecule has 2 fully saturated rings. The Hall–Kier alpha value is -2.79. The van der Waals surface area contributed by atoms with E-state index >= 15 is 0 Å². The molecule has 16 nitrogen and oxygen atoms in total. The van der Waals surface area contributed by atoms with Gasteiger partial charge in [0.2, 0.25) is 17.5 Å². The summed E-state index contributed by atoms with van der Waals surface area (Å²) in [5, 5.41) is 105. The Kier molecular flexibility index (Phi) is 10.3. The number of aromatic hydroxyl groups is 2. The number of phenols is 2. The molecular formula is C27H28CdO16. The van der Waals surface area contributed by atoms with Gasteiger partial charge < -0.3 is 74.4 Å². The van der Waals surface area contributed by atoms with E-state index in [2.05, 4.69) is 0 Å². The van der Waals surface area contributed by atoms with Crippen LogP contribution in [0.2, 0.25) is 0 Å². The van der Waals surface area contributed by atoms with Gasteiger partial charge in [-0.25, -0.2) is 0 Å². The van der Waals surface area contributed by atoms with Crippen LogP contribution in [-0.2, 0) is 41.5 Å². The zero-order chi connectivity index (χ0) is 31.3. The summed E-state index contributed by atoms with van der Waals surface area (Å²) in [6.07, 6.45) is -16.3. The Balaban J connectivity index is 0.00000442. The first-order chi connectivity index (χ1) is 20.3. The van der Waals surface area contributed by atoms with Crippen molar-refractivity contribution in [3.63, 3.8) is 0 Å². The van der Waals surface area contributed by atoms with E-state index in [0.717, 1.165) is 30.3 Å². The smallest absolute Gasteiger partial charge is 0.872 e. The summed E-state index contributed by atoms with van der Waals surface area (Å²) < 4.78 is 27.6. The standard InChI is InChI=1S/C27H30O16.Cd/c1-8-17(32)20(35)22(37)26(40-8)39-7-15-18(33)21(36)23(38)27(42-15)43-25-19(34)16-13(31)5-10(28)6-14(16)41-24(25)9-2-3-11(29)12(30)4-9;/h2-6,8,15,17-18,20-23,26-33,35-38H,7H2,1H3;/q;+2/p-2. The van der Waals surface area contributed by atoms with Gasteiger partial charge in [0, 0.05) is 11.6 Å². The van der Waals surface area contributed by atoms with E-state index in [4.69, 9.17) is 23.4 Å². The molecule has 0 aliphatic carbocycles. The molecule has 2 saturated heterocycles. The first-order valence-corrected chi connectivity index (χ1v) is 13.0. The molecule has 8 N–H and O–H groups in total. The molecule has 10 unspecified atom stereocenters. The summed E-state index contributed by atoms with van der Waals surface area (Å²) in [5.41, 5.74) is -1.56. The molecule has 0 saturated carbocycles. The van der Waals surface area contributed by atoms with Gasteiger partial charge in [0.1, 0.15) is 59.8 Å². The summed E-state index contributed by atoms with van der Waals surface area (Å²) in [7, 11) is 0. The number of aliphatic hydroxyl groups is 6. The molecule has 17 heteroatoms. The fourth-order valence-electron chi connectivity index (χ4n) is 4.82. The molecule has 10 atom stereocenters. The number of hydrogen-bond donors (Lipinski definition) is 8. The van der Waals surface area contributed by atoms with Crippen molar-refractivity contribution in [1.29, 1.82) is 0 Å². The van der Waals surface area contributed by atoms with Crippen LogP contribution in [0.5, 0.6) is 28.7 Å².